The average molecular weight is 489 g/mol. The first-order valence-electron chi connectivity index (χ1n) is 11.6. The van der Waals surface area contributed by atoms with Gasteiger partial charge in [-0.05, 0) is 43.7 Å². The first-order chi connectivity index (χ1) is 17.4. The van der Waals surface area contributed by atoms with Crippen molar-refractivity contribution in [2.75, 3.05) is 23.9 Å². The molecule has 186 valence electrons. The molecule has 1 aliphatic heterocycles. The molecule has 1 N–H and O–H groups in total. The molecule has 4 rings (SSSR count). The van der Waals surface area contributed by atoms with Gasteiger partial charge >= 0.3 is 5.97 Å². The van der Waals surface area contributed by atoms with Gasteiger partial charge in [0.05, 0.1) is 24.9 Å². The maximum absolute atomic E-state index is 13.3. The molecule has 0 aromatic heterocycles. The lowest BCUT2D eigenvalue weighted by Crippen LogP contribution is -2.45. The van der Waals surface area contributed by atoms with Gasteiger partial charge in [0.1, 0.15) is 11.5 Å². The van der Waals surface area contributed by atoms with Crippen LogP contribution in [0.5, 0.6) is 11.5 Å². The summed E-state index contributed by atoms with van der Waals surface area (Å²) in [6.07, 6.45) is -1.95. The number of fused-ring (bicyclic) bond motifs is 1. The number of hydrogen-bond acceptors (Lipinski definition) is 6. The van der Waals surface area contributed by atoms with Gasteiger partial charge in [0.25, 0.3) is 11.8 Å². The van der Waals surface area contributed by atoms with Crippen LogP contribution in [0.2, 0.25) is 0 Å². The number of amides is 2. The van der Waals surface area contributed by atoms with Gasteiger partial charge in [0.2, 0.25) is 6.10 Å². The maximum Gasteiger partial charge on any atom is 0.308 e. The van der Waals surface area contributed by atoms with Gasteiger partial charge in [-0.1, -0.05) is 48.5 Å². The van der Waals surface area contributed by atoms with E-state index in [0.717, 1.165) is 5.56 Å². The molecule has 8 heteroatoms. The lowest BCUT2D eigenvalue weighted by atomic mass is 10.1. The molecule has 8 nitrogen and oxygen atoms in total. The van der Waals surface area contributed by atoms with Gasteiger partial charge in [-0.25, -0.2) is 0 Å². The Morgan fingerprint density at radius 1 is 1.06 bits per heavy atom. The quantitative estimate of drug-likeness (QED) is 0.472. The number of methoxy groups -OCH3 is 1. The number of hydrogen-bond donors (Lipinski definition) is 1. The lowest BCUT2D eigenvalue weighted by molar-refractivity contribution is -0.154. The average Bonchev–Trinajstić information content (AvgIpc) is 2.88. The van der Waals surface area contributed by atoms with Crippen molar-refractivity contribution in [2.45, 2.75) is 32.5 Å². The first-order valence-corrected chi connectivity index (χ1v) is 11.6. The maximum atomic E-state index is 13.3. The summed E-state index contributed by atoms with van der Waals surface area (Å²) in [6.45, 7) is 3.66. The van der Waals surface area contributed by atoms with Crippen LogP contribution in [0.25, 0.3) is 0 Å². The molecule has 1 heterocycles. The van der Waals surface area contributed by atoms with Crippen molar-refractivity contribution in [3.63, 3.8) is 0 Å². The van der Waals surface area contributed by atoms with Crippen molar-refractivity contribution in [3.05, 3.63) is 83.9 Å². The summed E-state index contributed by atoms with van der Waals surface area (Å²) in [5.41, 5.74) is 2.53. The van der Waals surface area contributed by atoms with E-state index in [-0.39, 0.29) is 18.9 Å². The second-order valence-corrected chi connectivity index (χ2v) is 8.44. The van der Waals surface area contributed by atoms with E-state index in [1.807, 2.05) is 25.1 Å². The highest BCUT2D eigenvalue weighted by Gasteiger charge is 2.32. The molecule has 2 atom stereocenters. The molecule has 36 heavy (non-hydrogen) atoms. The Morgan fingerprint density at radius 2 is 1.78 bits per heavy atom. The topological polar surface area (TPSA) is 94.2 Å². The monoisotopic (exact) mass is 488 g/mol. The molecular weight excluding hydrogens is 460 g/mol. The number of para-hydroxylation sites is 2. The molecule has 0 aliphatic carbocycles. The summed E-state index contributed by atoms with van der Waals surface area (Å²) < 4.78 is 16.7. The van der Waals surface area contributed by atoms with Crippen molar-refractivity contribution < 1.29 is 28.6 Å². The van der Waals surface area contributed by atoms with Crippen LogP contribution in [0.4, 0.5) is 11.4 Å². The smallest absolute Gasteiger partial charge is 0.308 e. The fraction of sp³-hybridized carbons (Fsp3) is 0.250. The van der Waals surface area contributed by atoms with Crippen molar-refractivity contribution in [1.82, 2.24) is 0 Å². The van der Waals surface area contributed by atoms with Crippen molar-refractivity contribution >= 4 is 29.2 Å². The second-order valence-electron chi connectivity index (χ2n) is 8.44. The third-order valence-corrected chi connectivity index (χ3v) is 5.82. The number of esters is 1. The molecule has 2 amide bonds. The van der Waals surface area contributed by atoms with Crippen LogP contribution < -0.4 is 19.7 Å². The fourth-order valence-electron chi connectivity index (χ4n) is 4.00. The minimum atomic E-state index is -1.18. The Hall–Kier alpha value is -4.33. The van der Waals surface area contributed by atoms with E-state index >= 15 is 0 Å². The second kappa shape index (κ2) is 10.9. The van der Waals surface area contributed by atoms with Gasteiger partial charge in [0, 0.05) is 12.1 Å². The molecule has 0 radical (unpaired) electrons. The number of ether oxygens (including phenoxy) is 3. The van der Waals surface area contributed by atoms with E-state index < -0.39 is 24.1 Å². The summed E-state index contributed by atoms with van der Waals surface area (Å²) in [6, 6.07) is 21.3. The highest BCUT2D eigenvalue weighted by Crippen LogP contribution is 2.34. The van der Waals surface area contributed by atoms with Gasteiger partial charge in [0.15, 0.2) is 6.10 Å². The van der Waals surface area contributed by atoms with Crippen LogP contribution in [-0.2, 0) is 19.1 Å². The minimum Gasteiger partial charge on any atom is -0.495 e. The Bertz CT molecular complexity index is 1260. The highest BCUT2D eigenvalue weighted by atomic mass is 16.5. The largest absolute Gasteiger partial charge is 0.495 e. The Balaban J connectivity index is 1.50. The molecule has 0 saturated carbocycles. The summed E-state index contributed by atoms with van der Waals surface area (Å²) in [7, 11) is 1.51. The van der Waals surface area contributed by atoms with Crippen LogP contribution in [0, 0.1) is 6.92 Å². The van der Waals surface area contributed by atoms with Crippen molar-refractivity contribution in [3.8, 4) is 11.5 Å². The fourth-order valence-corrected chi connectivity index (χ4v) is 4.00. The third-order valence-electron chi connectivity index (χ3n) is 5.82. The standard InChI is InChI=1S/C28H28N2O6/c1-18-13-14-23(34-3)21(17-18)29-27(32)26(20-9-5-4-6-10-20)36-25(31)15-16-30-22-11-7-8-12-24(22)35-19(2)28(30)33/h4-14,17,19,26H,15-16H2,1-3H3,(H,29,32). The van der Waals surface area contributed by atoms with Gasteiger partial charge in [-0.2, -0.15) is 0 Å². The minimum absolute atomic E-state index is 0.0945. The van der Waals surface area contributed by atoms with E-state index in [4.69, 9.17) is 14.2 Å². The molecule has 0 spiro atoms. The number of aryl methyl sites for hydroxylation is 1. The number of rotatable bonds is 8. The van der Waals surface area contributed by atoms with E-state index in [1.165, 1.54) is 12.0 Å². The zero-order valence-electron chi connectivity index (χ0n) is 20.4. The van der Waals surface area contributed by atoms with E-state index in [2.05, 4.69) is 5.32 Å². The van der Waals surface area contributed by atoms with Crippen LogP contribution >= 0.6 is 0 Å². The van der Waals surface area contributed by atoms with Gasteiger partial charge in [-0.3, -0.25) is 14.4 Å². The first kappa shape index (κ1) is 24.8. The Morgan fingerprint density at radius 3 is 2.53 bits per heavy atom. The Kier molecular flexibility index (Phi) is 7.53. The van der Waals surface area contributed by atoms with E-state index in [9.17, 15) is 14.4 Å². The normalized spacial score (nSPS) is 15.4. The number of anilines is 2. The zero-order chi connectivity index (χ0) is 25.7. The van der Waals surface area contributed by atoms with Crippen molar-refractivity contribution in [1.29, 1.82) is 0 Å². The third kappa shape index (κ3) is 5.49. The number of benzene rings is 3. The summed E-state index contributed by atoms with van der Waals surface area (Å²) in [5, 5.41) is 2.82. The van der Waals surface area contributed by atoms with Crippen LogP contribution in [0.15, 0.2) is 72.8 Å². The molecule has 0 saturated heterocycles. The predicted molar refractivity (Wildman–Crippen MR) is 135 cm³/mol. The molecule has 1 aliphatic rings. The van der Waals surface area contributed by atoms with E-state index in [1.54, 1.807) is 61.5 Å². The van der Waals surface area contributed by atoms with Crippen LogP contribution in [-0.4, -0.2) is 37.5 Å². The lowest BCUT2D eigenvalue weighted by Gasteiger charge is -2.32. The number of carbonyl (C=O) groups excluding carboxylic acids is 3. The van der Waals surface area contributed by atoms with Crippen LogP contribution in [0.1, 0.15) is 30.6 Å². The number of nitrogens with one attached hydrogen (secondary N) is 1. The summed E-state index contributed by atoms with van der Waals surface area (Å²) in [5.74, 6) is -0.304. The van der Waals surface area contributed by atoms with Gasteiger partial charge < -0.3 is 24.4 Å². The SMILES string of the molecule is COc1ccc(C)cc1NC(=O)C(OC(=O)CCN1C(=O)C(C)Oc2ccccc21)c1ccccc1. The Labute approximate surface area is 209 Å². The molecular formula is C28H28N2O6. The molecule has 0 bridgehead atoms. The molecule has 2 unspecified atom stereocenters. The predicted octanol–water partition coefficient (Wildman–Crippen LogP) is 4.43. The van der Waals surface area contributed by atoms with E-state index in [0.29, 0.717) is 28.4 Å². The molecule has 3 aromatic carbocycles. The number of carbonyl (C=O) groups is 3. The van der Waals surface area contributed by atoms with Crippen LogP contribution in [0.3, 0.4) is 0 Å². The van der Waals surface area contributed by atoms with Crippen molar-refractivity contribution in [2.24, 2.45) is 0 Å². The molecule has 0 fully saturated rings. The summed E-state index contributed by atoms with van der Waals surface area (Å²) in [4.78, 5) is 40.4. The highest BCUT2D eigenvalue weighted by molar-refractivity contribution is 6.00. The number of nitrogens with zero attached hydrogens (tertiary/aromatic N) is 1. The zero-order valence-corrected chi connectivity index (χ0v) is 20.4. The van der Waals surface area contributed by atoms with Gasteiger partial charge in [-0.15, -0.1) is 0 Å². The molecule has 3 aromatic rings. The summed E-state index contributed by atoms with van der Waals surface area (Å²) >= 11 is 0.